The molecule has 112 valence electrons. The molecule has 0 aliphatic rings. The van der Waals surface area contributed by atoms with Crippen molar-refractivity contribution in [3.8, 4) is 5.75 Å². The van der Waals surface area contributed by atoms with Gasteiger partial charge >= 0.3 is 0 Å². The SMILES string of the molecule is Cc1cc(NS(=O)(=O)c2cnc(Cl)c(Cl)c2)c(C)cc1O. The second kappa shape index (κ2) is 5.71. The predicted molar refractivity (Wildman–Crippen MR) is 82.6 cm³/mol. The second-order valence-corrected chi connectivity index (χ2v) is 6.95. The summed E-state index contributed by atoms with van der Waals surface area (Å²) >= 11 is 11.4. The maximum atomic E-state index is 12.3. The molecule has 2 aromatic rings. The van der Waals surface area contributed by atoms with E-state index in [1.54, 1.807) is 19.9 Å². The van der Waals surface area contributed by atoms with Gasteiger partial charge in [-0.15, -0.1) is 0 Å². The van der Waals surface area contributed by atoms with E-state index >= 15 is 0 Å². The molecule has 0 unspecified atom stereocenters. The second-order valence-electron chi connectivity index (χ2n) is 4.50. The van der Waals surface area contributed by atoms with Crippen molar-refractivity contribution < 1.29 is 13.5 Å². The summed E-state index contributed by atoms with van der Waals surface area (Å²) in [7, 11) is -3.84. The van der Waals surface area contributed by atoms with Gasteiger partial charge in [0.1, 0.15) is 15.8 Å². The number of aryl methyl sites for hydroxylation is 2. The van der Waals surface area contributed by atoms with E-state index < -0.39 is 10.0 Å². The number of nitrogens with zero attached hydrogens (tertiary/aromatic N) is 1. The molecule has 0 atom stereocenters. The highest BCUT2D eigenvalue weighted by atomic mass is 35.5. The molecular formula is C13H12Cl2N2O3S. The van der Waals surface area contributed by atoms with Crippen LogP contribution in [0.25, 0.3) is 0 Å². The van der Waals surface area contributed by atoms with E-state index in [0.29, 0.717) is 16.8 Å². The largest absolute Gasteiger partial charge is 0.508 e. The van der Waals surface area contributed by atoms with Crippen LogP contribution in [-0.4, -0.2) is 18.5 Å². The van der Waals surface area contributed by atoms with E-state index in [1.165, 1.54) is 12.1 Å². The van der Waals surface area contributed by atoms with Gasteiger partial charge in [0.05, 0.1) is 10.7 Å². The lowest BCUT2D eigenvalue weighted by Gasteiger charge is -2.12. The van der Waals surface area contributed by atoms with Crippen LogP contribution in [0.1, 0.15) is 11.1 Å². The number of sulfonamides is 1. The Balaban J connectivity index is 2.42. The third kappa shape index (κ3) is 3.40. The predicted octanol–water partition coefficient (Wildman–Crippen LogP) is 3.51. The van der Waals surface area contributed by atoms with Crippen molar-refractivity contribution >= 4 is 38.9 Å². The minimum absolute atomic E-state index is 0.0345. The Morgan fingerprint density at radius 3 is 2.43 bits per heavy atom. The number of phenolic OH excluding ortho intramolecular Hbond substituents is 1. The van der Waals surface area contributed by atoms with Gasteiger partial charge in [0.2, 0.25) is 0 Å². The summed E-state index contributed by atoms with van der Waals surface area (Å²) in [5.41, 5.74) is 1.52. The lowest BCUT2D eigenvalue weighted by Crippen LogP contribution is -2.14. The standard InChI is InChI=1S/C13H12Cl2N2O3S/c1-7-4-12(18)8(2)3-11(7)17-21(19,20)9-5-10(14)13(15)16-6-9/h3-6,17-18H,1-2H3. The molecule has 0 spiro atoms. The highest BCUT2D eigenvalue weighted by Crippen LogP contribution is 2.28. The van der Waals surface area contributed by atoms with Gasteiger partial charge in [-0.3, -0.25) is 4.72 Å². The molecule has 5 nitrogen and oxygen atoms in total. The smallest absolute Gasteiger partial charge is 0.263 e. The molecular weight excluding hydrogens is 335 g/mol. The molecule has 0 aliphatic carbocycles. The molecule has 1 heterocycles. The van der Waals surface area contributed by atoms with E-state index in [0.717, 1.165) is 6.20 Å². The monoisotopic (exact) mass is 346 g/mol. The summed E-state index contributed by atoms with van der Waals surface area (Å²) < 4.78 is 27.0. The third-order valence-corrected chi connectivity index (χ3v) is 4.89. The summed E-state index contributed by atoms with van der Waals surface area (Å²) in [6.07, 6.45) is 1.12. The fourth-order valence-electron chi connectivity index (χ4n) is 1.67. The number of benzene rings is 1. The Kier molecular flexibility index (Phi) is 4.32. The maximum absolute atomic E-state index is 12.3. The van der Waals surface area contributed by atoms with E-state index in [1.807, 2.05) is 0 Å². The van der Waals surface area contributed by atoms with Crippen molar-refractivity contribution in [3.63, 3.8) is 0 Å². The Morgan fingerprint density at radius 1 is 1.14 bits per heavy atom. The van der Waals surface area contributed by atoms with E-state index in [2.05, 4.69) is 9.71 Å². The van der Waals surface area contributed by atoms with Gasteiger partial charge in [0.15, 0.2) is 0 Å². The van der Waals surface area contributed by atoms with Gasteiger partial charge < -0.3 is 5.11 Å². The fourth-order valence-corrected chi connectivity index (χ4v) is 3.09. The molecule has 2 rings (SSSR count). The van der Waals surface area contributed by atoms with Crippen molar-refractivity contribution in [2.75, 3.05) is 4.72 Å². The van der Waals surface area contributed by atoms with Gasteiger partial charge in [-0.05, 0) is 43.2 Å². The van der Waals surface area contributed by atoms with E-state index in [4.69, 9.17) is 23.2 Å². The molecule has 0 fully saturated rings. The summed E-state index contributed by atoms with van der Waals surface area (Å²) in [6.45, 7) is 3.36. The molecule has 0 radical (unpaired) electrons. The lowest BCUT2D eigenvalue weighted by atomic mass is 10.1. The van der Waals surface area contributed by atoms with Gasteiger partial charge in [-0.2, -0.15) is 0 Å². The average Bonchev–Trinajstić information content (AvgIpc) is 2.39. The van der Waals surface area contributed by atoms with Crippen molar-refractivity contribution in [1.29, 1.82) is 0 Å². The van der Waals surface area contributed by atoms with Crippen molar-refractivity contribution in [2.24, 2.45) is 0 Å². The van der Waals surface area contributed by atoms with Crippen LogP contribution in [0.2, 0.25) is 10.2 Å². The van der Waals surface area contributed by atoms with Gasteiger partial charge in [-0.1, -0.05) is 23.2 Å². The molecule has 0 bridgehead atoms. The first-order valence-electron chi connectivity index (χ1n) is 5.85. The Hall–Kier alpha value is -1.50. The number of phenols is 1. The third-order valence-electron chi connectivity index (χ3n) is 2.87. The molecule has 2 N–H and O–H groups in total. The van der Waals surface area contributed by atoms with Crippen LogP contribution >= 0.6 is 23.2 Å². The summed E-state index contributed by atoms with van der Waals surface area (Å²) in [5.74, 6) is 0.103. The topological polar surface area (TPSA) is 79.3 Å². The minimum atomic E-state index is -3.84. The number of pyridine rings is 1. The average molecular weight is 347 g/mol. The summed E-state index contributed by atoms with van der Waals surface area (Å²) in [4.78, 5) is 3.62. The molecule has 1 aromatic heterocycles. The number of hydrogen-bond acceptors (Lipinski definition) is 4. The number of nitrogens with one attached hydrogen (secondary N) is 1. The normalized spacial score (nSPS) is 11.4. The number of rotatable bonds is 3. The first kappa shape index (κ1) is 15.9. The molecule has 0 saturated heterocycles. The molecule has 0 amide bonds. The molecule has 0 saturated carbocycles. The van der Waals surface area contributed by atoms with Crippen molar-refractivity contribution in [2.45, 2.75) is 18.7 Å². The number of anilines is 1. The lowest BCUT2D eigenvalue weighted by molar-refractivity contribution is 0.471. The number of aromatic hydroxyl groups is 1. The fraction of sp³-hybridized carbons (Fsp3) is 0.154. The Labute approximate surface area is 132 Å². The van der Waals surface area contributed by atoms with Crippen LogP contribution in [0.15, 0.2) is 29.3 Å². The molecule has 21 heavy (non-hydrogen) atoms. The molecule has 8 heteroatoms. The first-order valence-corrected chi connectivity index (χ1v) is 8.08. The van der Waals surface area contributed by atoms with Crippen molar-refractivity contribution in [3.05, 3.63) is 45.7 Å². The summed E-state index contributed by atoms with van der Waals surface area (Å²) in [6, 6.07) is 4.26. The van der Waals surface area contributed by atoms with Crippen LogP contribution in [0, 0.1) is 13.8 Å². The van der Waals surface area contributed by atoms with Crippen LogP contribution in [0.3, 0.4) is 0 Å². The van der Waals surface area contributed by atoms with Crippen molar-refractivity contribution in [1.82, 2.24) is 4.98 Å². The van der Waals surface area contributed by atoms with Crippen LogP contribution < -0.4 is 4.72 Å². The number of aromatic nitrogens is 1. The molecule has 0 aliphatic heterocycles. The zero-order valence-corrected chi connectivity index (χ0v) is 13.5. The van der Waals surface area contributed by atoms with Gasteiger partial charge in [-0.25, -0.2) is 13.4 Å². The Bertz CT molecular complexity index is 807. The van der Waals surface area contributed by atoms with Crippen LogP contribution in [-0.2, 0) is 10.0 Å². The van der Waals surface area contributed by atoms with Gasteiger partial charge in [0, 0.05) is 6.20 Å². The first-order chi connectivity index (χ1) is 9.70. The highest BCUT2D eigenvalue weighted by molar-refractivity contribution is 7.92. The van der Waals surface area contributed by atoms with E-state index in [9.17, 15) is 13.5 Å². The highest BCUT2D eigenvalue weighted by Gasteiger charge is 2.18. The number of hydrogen-bond donors (Lipinski definition) is 2. The maximum Gasteiger partial charge on any atom is 0.263 e. The minimum Gasteiger partial charge on any atom is -0.508 e. The van der Waals surface area contributed by atoms with Crippen LogP contribution in [0.5, 0.6) is 5.75 Å². The zero-order valence-electron chi connectivity index (χ0n) is 11.2. The Morgan fingerprint density at radius 2 is 1.81 bits per heavy atom. The van der Waals surface area contributed by atoms with Gasteiger partial charge in [0.25, 0.3) is 10.0 Å². The van der Waals surface area contributed by atoms with Crippen LogP contribution in [0.4, 0.5) is 5.69 Å². The number of halogens is 2. The quantitative estimate of drug-likeness (QED) is 0.658. The zero-order chi connectivity index (χ0) is 15.8. The summed E-state index contributed by atoms with van der Waals surface area (Å²) in [5, 5.41) is 9.68. The molecule has 1 aromatic carbocycles. The van der Waals surface area contributed by atoms with E-state index in [-0.39, 0.29) is 20.8 Å².